The Morgan fingerprint density at radius 3 is 2.81 bits per heavy atom. The van der Waals surface area contributed by atoms with Crippen LogP contribution >= 0.6 is 0 Å². The third kappa shape index (κ3) is 3.76. The minimum Gasteiger partial charge on any atom is -0.348 e. The molecule has 1 fully saturated rings. The van der Waals surface area contributed by atoms with Gasteiger partial charge in [-0.3, -0.25) is 4.68 Å². The van der Waals surface area contributed by atoms with E-state index in [0.717, 1.165) is 18.7 Å². The molecule has 0 bridgehead atoms. The van der Waals surface area contributed by atoms with Crippen LogP contribution in [0.4, 0.5) is 0 Å². The van der Waals surface area contributed by atoms with Crippen LogP contribution in [0.25, 0.3) is 0 Å². The summed E-state index contributed by atoms with van der Waals surface area (Å²) >= 11 is 0. The van der Waals surface area contributed by atoms with E-state index in [9.17, 15) is 0 Å². The molecule has 114 valence electrons. The van der Waals surface area contributed by atoms with Gasteiger partial charge in [0.15, 0.2) is 0 Å². The summed E-state index contributed by atoms with van der Waals surface area (Å²) < 4.78 is 4.38. The predicted octanol–water partition coefficient (Wildman–Crippen LogP) is 3.13. The lowest BCUT2D eigenvalue weighted by Gasteiger charge is -2.21. The topological polar surface area (TPSA) is 48.8 Å². The average molecular weight is 286 g/mol. The summed E-state index contributed by atoms with van der Waals surface area (Å²) in [6.07, 6.45) is 14.0. The van der Waals surface area contributed by atoms with Crippen molar-refractivity contribution in [3.63, 3.8) is 0 Å². The van der Waals surface area contributed by atoms with Crippen LogP contribution in [0.5, 0.6) is 0 Å². The quantitative estimate of drug-likeness (QED) is 0.918. The number of nitrogens with two attached hydrogens (primary N) is 1. The first-order chi connectivity index (χ1) is 10.2. The molecule has 0 amide bonds. The molecule has 1 aliphatic rings. The van der Waals surface area contributed by atoms with Gasteiger partial charge >= 0.3 is 0 Å². The molecule has 0 saturated heterocycles. The lowest BCUT2D eigenvalue weighted by atomic mass is 9.96. The zero-order valence-corrected chi connectivity index (χ0v) is 12.9. The molecule has 1 saturated carbocycles. The zero-order valence-electron chi connectivity index (χ0n) is 12.9. The molecule has 0 spiro atoms. The van der Waals surface area contributed by atoms with Gasteiger partial charge in [0.05, 0.1) is 18.3 Å². The molecule has 4 nitrogen and oxygen atoms in total. The molecule has 4 heteroatoms. The van der Waals surface area contributed by atoms with E-state index in [1.807, 2.05) is 6.92 Å². The van der Waals surface area contributed by atoms with E-state index in [2.05, 4.69) is 40.0 Å². The van der Waals surface area contributed by atoms with Crippen LogP contribution in [0.2, 0.25) is 0 Å². The van der Waals surface area contributed by atoms with Crippen LogP contribution in [-0.2, 0) is 13.0 Å². The highest BCUT2D eigenvalue weighted by atomic mass is 15.3. The monoisotopic (exact) mass is 286 g/mol. The van der Waals surface area contributed by atoms with Crippen LogP contribution in [0.1, 0.15) is 56.3 Å². The van der Waals surface area contributed by atoms with Crippen LogP contribution in [-0.4, -0.2) is 20.4 Å². The largest absolute Gasteiger partial charge is 0.348 e. The third-order valence-electron chi connectivity index (χ3n) is 4.33. The van der Waals surface area contributed by atoms with Crippen LogP contribution < -0.4 is 5.73 Å². The van der Waals surface area contributed by atoms with E-state index < -0.39 is 0 Å². The van der Waals surface area contributed by atoms with Gasteiger partial charge in [-0.05, 0) is 43.9 Å². The van der Waals surface area contributed by atoms with Crippen molar-refractivity contribution in [2.75, 3.05) is 0 Å². The van der Waals surface area contributed by atoms with Gasteiger partial charge in [-0.25, -0.2) is 0 Å². The molecule has 1 atom stereocenters. The molecular formula is C17H26N4. The van der Waals surface area contributed by atoms with Crippen molar-refractivity contribution in [3.8, 4) is 0 Å². The van der Waals surface area contributed by atoms with E-state index in [1.54, 1.807) is 0 Å². The van der Waals surface area contributed by atoms with Crippen molar-refractivity contribution >= 4 is 0 Å². The van der Waals surface area contributed by atoms with Crippen molar-refractivity contribution in [2.24, 2.45) is 5.73 Å². The van der Waals surface area contributed by atoms with Crippen LogP contribution in [0.3, 0.4) is 0 Å². The van der Waals surface area contributed by atoms with Crippen LogP contribution in [0, 0.1) is 0 Å². The summed E-state index contributed by atoms with van der Waals surface area (Å²) in [5.74, 6) is 0. The Labute approximate surface area is 126 Å². The maximum Gasteiger partial charge on any atom is 0.0821 e. The highest BCUT2D eigenvalue weighted by molar-refractivity contribution is 5.13. The Bertz CT molecular complexity index is 561. The first kappa shape index (κ1) is 14.4. The number of nitrogens with zero attached hydrogens (tertiary/aromatic N) is 3. The summed E-state index contributed by atoms with van der Waals surface area (Å²) in [4.78, 5) is 0. The molecule has 21 heavy (non-hydrogen) atoms. The van der Waals surface area contributed by atoms with Crippen LogP contribution in [0.15, 0.2) is 30.7 Å². The normalized spacial score (nSPS) is 18.0. The number of rotatable bonds is 5. The minimum atomic E-state index is 0.214. The van der Waals surface area contributed by atoms with Gasteiger partial charge in [0, 0.05) is 24.6 Å². The molecular weight excluding hydrogens is 260 g/mol. The summed E-state index contributed by atoms with van der Waals surface area (Å²) in [5, 5.41) is 4.77. The molecule has 1 aliphatic carbocycles. The molecule has 3 rings (SSSR count). The highest BCUT2D eigenvalue weighted by Gasteiger charge is 2.16. The maximum atomic E-state index is 5.85. The molecule has 0 aromatic carbocycles. The molecule has 2 aromatic rings. The van der Waals surface area contributed by atoms with E-state index in [1.165, 1.54) is 37.7 Å². The SMILES string of the molecule is CC(N)Cc1ccn(Cc2ccn(C3CCCCC3)n2)c1. The van der Waals surface area contributed by atoms with E-state index in [0.29, 0.717) is 6.04 Å². The number of hydrogen-bond donors (Lipinski definition) is 1. The van der Waals surface area contributed by atoms with E-state index >= 15 is 0 Å². The van der Waals surface area contributed by atoms with E-state index in [4.69, 9.17) is 10.8 Å². The summed E-state index contributed by atoms with van der Waals surface area (Å²) in [5.41, 5.74) is 8.29. The predicted molar refractivity (Wildman–Crippen MR) is 85.2 cm³/mol. The van der Waals surface area contributed by atoms with E-state index in [-0.39, 0.29) is 6.04 Å². The first-order valence-corrected chi connectivity index (χ1v) is 8.15. The summed E-state index contributed by atoms with van der Waals surface area (Å²) in [6.45, 7) is 2.89. The van der Waals surface area contributed by atoms with Gasteiger partial charge in [-0.15, -0.1) is 0 Å². The Kier molecular flexibility index (Phi) is 4.44. The van der Waals surface area contributed by atoms with Crippen molar-refractivity contribution in [1.29, 1.82) is 0 Å². The number of aromatic nitrogens is 3. The fraction of sp³-hybridized carbons (Fsp3) is 0.588. The molecule has 2 heterocycles. The van der Waals surface area contributed by atoms with Gasteiger partial charge in [0.2, 0.25) is 0 Å². The second-order valence-corrected chi connectivity index (χ2v) is 6.45. The fourth-order valence-corrected chi connectivity index (χ4v) is 3.28. The molecule has 2 N–H and O–H groups in total. The zero-order chi connectivity index (χ0) is 14.7. The molecule has 0 radical (unpaired) electrons. The Balaban J connectivity index is 1.62. The Morgan fingerprint density at radius 1 is 1.24 bits per heavy atom. The molecule has 1 unspecified atom stereocenters. The standard InChI is InChI=1S/C17H26N4/c1-14(18)11-15-7-9-20(12-15)13-16-8-10-21(19-16)17-5-3-2-4-6-17/h7-10,12,14,17H,2-6,11,13,18H2,1H3. The van der Waals surface area contributed by atoms with Gasteiger partial charge in [-0.1, -0.05) is 19.3 Å². The first-order valence-electron chi connectivity index (χ1n) is 8.15. The van der Waals surface area contributed by atoms with Gasteiger partial charge in [-0.2, -0.15) is 5.10 Å². The second-order valence-electron chi connectivity index (χ2n) is 6.45. The molecule has 0 aliphatic heterocycles. The average Bonchev–Trinajstić information content (AvgIpc) is 3.09. The Morgan fingerprint density at radius 2 is 2.05 bits per heavy atom. The lowest BCUT2D eigenvalue weighted by Crippen LogP contribution is -2.17. The smallest absolute Gasteiger partial charge is 0.0821 e. The third-order valence-corrected chi connectivity index (χ3v) is 4.33. The second kappa shape index (κ2) is 6.48. The Hall–Kier alpha value is -1.55. The van der Waals surface area contributed by atoms with Crippen molar-refractivity contribution in [2.45, 2.75) is 64.1 Å². The minimum absolute atomic E-state index is 0.214. The summed E-state index contributed by atoms with van der Waals surface area (Å²) in [7, 11) is 0. The van der Waals surface area contributed by atoms with Gasteiger partial charge in [0.25, 0.3) is 0 Å². The van der Waals surface area contributed by atoms with Crippen molar-refractivity contribution in [3.05, 3.63) is 42.0 Å². The van der Waals surface area contributed by atoms with Crippen molar-refractivity contribution in [1.82, 2.24) is 14.3 Å². The lowest BCUT2D eigenvalue weighted by molar-refractivity contribution is 0.328. The fourth-order valence-electron chi connectivity index (χ4n) is 3.28. The van der Waals surface area contributed by atoms with Gasteiger partial charge < -0.3 is 10.3 Å². The van der Waals surface area contributed by atoms with Crippen molar-refractivity contribution < 1.29 is 0 Å². The number of hydrogen-bond acceptors (Lipinski definition) is 2. The van der Waals surface area contributed by atoms with Gasteiger partial charge in [0.1, 0.15) is 0 Å². The maximum absolute atomic E-state index is 5.85. The molecule has 2 aromatic heterocycles. The highest BCUT2D eigenvalue weighted by Crippen LogP contribution is 2.27. The summed E-state index contributed by atoms with van der Waals surface area (Å²) in [6, 6.07) is 5.14.